The van der Waals surface area contributed by atoms with Crippen LogP contribution in [0.15, 0.2) is 48.5 Å². The van der Waals surface area contributed by atoms with Gasteiger partial charge in [-0.05, 0) is 48.5 Å². The normalized spacial score (nSPS) is 10.6. The van der Waals surface area contributed by atoms with Crippen LogP contribution < -0.4 is 18.9 Å². The molecule has 0 N–H and O–H groups in total. The van der Waals surface area contributed by atoms with Crippen molar-refractivity contribution in [2.45, 2.75) is 0 Å². The number of methoxy groups -OCH3 is 2. The molecule has 0 aliphatic carbocycles. The molecule has 0 amide bonds. The summed E-state index contributed by atoms with van der Waals surface area (Å²) in [5, 5.41) is 0. The molecule has 0 bridgehead atoms. The third-order valence-electron chi connectivity index (χ3n) is 3.86. The largest absolute Gasteiger partial charge is 0.497 e. The first-order valence-corrected chi connectivity index (χ1v) is 9.59. The van der Waals surface area contributed by atoms with Crippen molar-refractivity contribution >= 4 is 0 Å². The van der Waals surface area contributed by atoms with Crippen LogP contribution in [0.2, 0.25) is 0 Å². The van der Waals surface area contributed by atoms with E-state index in [1.54, 1.807) is 14.2 Å². The van der Waals surface area contributed by atoms with Crippen molar-refractivity contribution in [1.29, 1.82) is 0 Å². The molecule has 2 aromatic carbocycles. The van der Waals surface area contributed by atoms with Gasteiger partial charge in [0.05, 0.1) is 53.9 Å². The fraction of sp³-hybridized carbons (Fsp3) is 0.455. The summed E-state index contributed by atoms with van der Waals surface area (Å²) in [6.45, 7) is 4.08. The second-order valence-electron chi connectivity index (χ2n) is 5.89. The van der Waals surface area contributed by atoms with Gasteiger partial charge in [-0.25, -0.2) is 0 Å². The van der Waals surface area contributed by atoms with Gasteiger partial charge in [-0.2, -0.15) is 0 Å². The minimum atomic E-state index is 0.490. The molecular formula is C22H30O7. The molecule has 0 unspecified atom stereocenters. The molecule has 0 heterocycles. The fourth-order valence-corrected chi connectivity index (χ4v) is 2.32. The van der Waals surface area contributed by atoms with Crippen LogP contribution in [-0.2, 0) is 14.2 Å². The molecule has 0 fully saturated rings. The van der Waals surface area contributed by atoms with Crippen LogP contribution in [0.5, 0.6) is 23.0 Å². The highest BCUT2D eigenvalue weighted by molar-refractivity contribution is 5.31. The van der Waals surface area contributed by atoms with Gasteiger partial charge < -0.3 is 33.2 Å². The van der Waals surface area contributed by atoms with Gasteiger partial charge in [-0.3, -0.25) is 0 Å². The molecule has 0 saturated carbocycles. The van der Waals surface area contributed by atoms with Crippen LogP contribution in [0.3, 0.4) is 0 Å². The summed E-state index contributed by atoms with van der Waals surface area (Å²) in [5.41, 5.74) is 0. The maximum absolute atomic E-state index is 5.57. The molecule has 0 aromatic heterocycles. The second-order valence-corrected chi connectivity index (χ2v) is 5.89. The Morgan fingerprint density at radius 2 is 0.690 bits per heavy atom. The predicted octanol–water partition coefficient (Wildman–Crippen LogP) is 3.21. The van der Waals surface area contributed by atoms with Crippen molar-refractivity contribution in [2.24, 2.45) is 0 Å². The van der Waals surface area contributed by atoms with Gasteiger partial charge in [0.15, 0.2) is 0 Å². The fourth-order valence-electron chi connectivity index (χ4n) is 2.32. The SMILES string of the molecule is COc1ccc(OCCOCCOCCOCCOc2ccc(OC)cc2)cc1. The number of rotatable bonds is 16. The Hall–Kier alpha value is -2.48. The summed E-state index contributed by atoms with van der Waals surface area (Å²) in [6, 6.07) is 14.9. The summed E-state index contributed by atoms with van der Waals surface area (Å²) < 4.78 is 37.7. The Balaban J connectivity index is 1.34. The maximum atomic E-state index is 5.57. The summed E-state index contributed by atoms with van der Waals surface area (Å²) in [6.07, 6.45) is 0. The van der Waals surface area contributed by atoms with Gasteiger partial charge in [0, 0.05) is 0 Å². The van der Waals surface area contributed by atoms with E-state index in [1.165, 1.54) is 0 Å². The van der Waals surface area contributed by atoms with Crippen molar-refractivity contribution in [2.75, 3.05) is 67.1 Å². The van der Waals surface area contributed by atoms with Crippen molar-refractivity contribution in [3.05, 3.63) is 48.5 Å². The number of ether oxygens (including phenoxy) is 7. The first-order chi connectivity index (χ1) is 14.3. The van der Waals surface area contributed by atoms with Crippen molar-refractivity contribution in [3.63, 3.8) is 0 Å². The molecule has 7 nitrogen and oxygen atoms in total. The van der Waals surface area contributed by atoms with Gasteiger partial charge in [-0.1, -0.05) is 0 Å². The van der Waals surface area contributed by atoms with Crippen LogP contribution in [0.1, 0.15) is 0 Å². The highest BCUT2D eigenvalue weighted by Gasteiger charge is 1.97. The molecule has 160 valence electrons. The van der Waals surface area contributed by atoms with Gasteiger partial charge in [0.2, 0.25) is 0 Å². The average molecular weight is 406 g/mol. The Morgan fingerprint density at radius 3 is 1.00 bits per heavy atom. The summed E-state index contributed by atoms with van der Waals surface area (Å²) in [5.74, 6) is 3.19. The lowest BCUT2D eigenvalue weighted by Crippen LogP contribution is -2.14. The van der Waals surface area contributed by atoms with E-state index in [4.69, 9.17) is 33.2 Å². The zero-order valence-corrected chi connectivity index (χ0v) is 17.1. The monoisotopic (exact) mass is 406 g/mol. The smallest absolute Gasteiger partial charge is 0.119 e. The lowest BCUT2D eigenvalue weighted by molar-refractivity contribution is 0.00499. The predicted molar refractivity (Wildman–Crippen MR) is 109 cm³/mol. The molecule has 29 heavy (non-hydrogen) atoms. The molecular weight excluding hydrogens is 376 g/mol. The Labute approximate surface area is 172 Å². The first kappa shape index (κ1) is 22.8. The van der Waals surface area contributed by atoms with Crippen LogP contribution in [-0.4, -0.2) is 67.1 Å². The Bertz CT molecular complexity index is 586. The third-order valence-corrected chi connectivity index (χ3v) is 3.86. The molecule has 7 heteroatoms. The van der Waals surface area contributed by atoms with Crippen molar-refractivity contribution in [3.8, 4) is 23.0 Å². The summed E-state index contributed by atoms with van der Waals surface area (Å²) >= 11 is 0. The van der Waals surface area contributed by atoms with E-state index in [0.717, 1.165) is 23.0 Å². The van der Waals surface area contributed by atoms with Crippen LogP contribution in [0, 0.1) is 0 Å². The zero-order chi connectivity index (χ0) is 20.6. The van der Waals surface area contributed by atoms with Crippen molar-refractivity contribution < 1.29 is 33.2 Å². The van der Waals surface area contributed by atoms with Gasteiger partial charge in [-0.15, -0.1) is 0 Å². The Morgan fingerprint density at radius 1 is 0.414 bits per heavy atom. The van der Waals surface area contributed by atoms with E-state index in [-0.39, 0.29) is 0 Å². The van der Waals surface area contributed by atoms with E-state index in [0.29, 0.717) is 52.9 Å². The molecule has 0 spiro atoms. The number of hydrogen-bond acceptors (Lipinski definition) is 7. The summed E-state index contributed by atoms with van der Waals surface area (Å²) in [7, 11) is 3.27. The third kappa shape index (κ3) is 10.0. The topological polar surface area (TPSA) is 64.6 Å². The average Bonchev–Trinajstić information content (AvgIpc) is 2.77. The molecule has 0 aliphatic rings. The molecule has 0 aliphatic heterocycles. The second kappa shape index (κ2) is 14.5. The molecule has 0 saturated heterocycles. The highest BCUT2D eigenvalue weighted by Crippen LogP contribution is 2.17. The van der Waals surface area contributed by atoms with Crippen molar-refractivity contribution in [1.82, 2.24) is 0 Å². The van der Waals surface area contributed by atoms with Crippen LogP contribution >= 0.6 is 0 Å². The summed E-state index contributed by atoms with van der Waals surface area (Å²) in [4.78, 5) is 0. The number of hydrogen-bond donors (Lipinski definition) is 0. The van der Waals surface area contributed by atoms with Crippen LogP contribution in [0.25, 0.3) is 0 Å². The maximum Gasteiger partial charge on any atom is 0.119 e. The minimum Gasteiger partial charge on any atom is -0.497 e. The first-order valence-electron chi connectivity index (χ1n) is 9.59. The lowest BCUT2D eigenvalue weighted by Gasteiger charge is -2.09. The van der Waals surface area contributed by atoms with E-state index in [1.807, 2.05) is 48.5 Å². The van der Waals surface area contributed by atoms with Crippen LogP contribution in [0.4, 0.5) is 0 Å². The quantitative estimate of drug-likeness (QED) is 0.397. The molecule has 2 aromatic rings. The lowest BCUT2D eigenvalue weighted by atomic mass is 10.3. The van der Waals surface area contributed by atoms with E-state index in [2.05, 4.69) is 0 Å². The molecule has 2 rings (SSSR count). The Kier molecular flexibility index (Phi) is 11.4. The van der Waals surface area contributed by atoms with E-state index in [9.17, 15) is 0 Å². The molecule has 0 atom stereocenters. The van der Waals surface area contributed by atoms with Gasteiger partial charge >= 0.3 is 0 Å². The van der Waals surface area contributed by atoms with E-state index >= 15 is 0 Å². The standard InChI is InChI=1S/C22H30O7/c1-23-19-3-7-21(8-4-19)28-17-15-26-13-11-25-12-14-27-16-18-29-22-9-5-20(24-2)6-10-22/h3-10H,11-18H2,1-2H3. The minimum absolute atomic E-state index is 0.490. The van der Waals surface area contributed by atoms with Gasteiger partial charge in [0.1, 0.15) is 36.2 Å². The number of benzene rings is 2. The zero-order valence-electron chi connectivity index (χ0n) is 17.1. The highest BCUT2D eigenvalue weighted by atomic mass is 16.6. The molecule has 0 radical (unpaired) electrons. The van der Waals surface area contributed by atoms with E-state index < -0.39 is 0 Å². The van der Waals surface area contributed by atoms with Gasteiger partial charge in [0.25, 0.3) is 0 Å².